The zero-order chi connectivity index (χ0) is 27.1. The minimum Gasteiger partial charge on any atom is -0.454 e. The first kappa shape index (κ1) is 27.5. The normalized spacial score (nSPS) is 12.1. The van der Waals surface area contributed by atoms with Crippen LogP contribution in [-0.2, 0) is 22.6 Å². The molecule has 1 aliphatic rings. The molecule has 0 atom stereocenters. The molecule has 2 heterocycles. The first-order valence-electron chi connectivity index (χ1n) is 12.7. The number of methoxy groups -OCH3 is 1. The molecule has 9 heteroatoms. The Hall–Kier alpha value is -3.49. The van der Waals surface area contributed by atoms with E-state index >= 15 is 0 Å². The maximum absolute atomic E-state index is 13.6. The number of hydrogen-bond donors (Lipinski definition) is 0. The third-order valence-corrected chi connectivity index (χ3v) is 6.68. The highest BCUT2D eigenvalue weighted by Gasteiger charge is 2.25. The van der Waals surface area contributed by atoms with E-state index < -0.39 is 0 Å². The van der Waals surface area contributed by atoms with Crippen LogP contribution in [0.25, 0.3) is 0 Å². The molecule has 0 saturated heterocycles. The SMILES string of the molecule is COCCN(CC(=O)N(Cc1cccn1Cc1ccccc1Cl)CC(C)C)C(=O)c1ccc2c(c1)OCO2. The Morgan fingerprint density at radius 3 is 2.61 bits per heavy atom. The minimum atomic E-state index is -0.264. The van der Waals surface area contributed by atoms with Crippen LogP contribution in [0, 0.1) is 5.92 Å². The molecule has 202 valence electrons. The zero-order valence-corrected chi connectivity index (χ0v) is 22.8. The highest BCUT2D eigenvalue weighted by molar-refractivity contribution is 6.31. The first-order chi connectivity index (χ1) is 18.4. The topological polar surface area (TPSA) is 73.2 Å². The monoisotopic (exact) mass is 539 g/mol. The second-order valence-electron chi connectivity index (χ2n) is 9.67. The van der Waals surface area contributed by atoms with E-state index in [0.717, 1.165) is 11.3 Å². The molecule has 3 aromatic rings. The van der Waals surface area contributed by atoms with Crippen molar-refractivity contribution in [1.82, 2.24) is 14.4 Å². The number of fused-ring (bicyclic) bond motifs is 1. The van der Waals surface area contributed by atoms with Gasteiger partial charge in [0, 0.05) is 49.2 Å². The minimum absolute atomic E-state index is 0.0609. The molecule has 0 saturated carbocycles. The van der Waals surface area contributed by atoms with E-state index in [1.54, 1.807) is 25.3 Å². The first-order valence-corrected chi connectivity index (χ1v) is 13.1. The van der Waals surface area contributed by atoms with E-state index in [2.05, 4.69) is 18.4 Å². The van der Waals surface area contributed by atoms with Crippen LogP contribution in [-0.4, -0.2) is 66.3 Å². The van der Waals surface area contributed by atoms with Gasteiger partial charge in [0.05, 0.1) is 13.2 Å². The van der Waals surface area contributed by atoms with Crippen LogP contribution in [0.1, 0.15) is 35.5 Å². The van der Waals surface area contributed by atoms with Gasteiger partial charge in [-0.15, -0.1) is 0 Å². The molecule has 1 aliphatic heterocycles. The lowest BCUT2D eigenvalue weighted by molar-refractivity contribution is -0.133. The molecular formula is C29H34ClN3O5. The summed E-state index contributed by atoms with van der Waals surface area (Å²) in [6.07, 6.45) is 1.99. The molecule has 4 rings (SSSR count). The summed E-state index contributed by atoms with van der Waals surface area (Å²) in [6, 6.07) is 16.8. The number of halogens is 1. The van der Waals surface area contributed by atoms with Crippen LogP contribution in [0.2, 0.25) is 5.02 Å². The molecule has 38 heavy (non-hydrogen) atoms. The van der Waals surface area contributed by atoms with Gasteiger partial charge in [-0.05, 0) is 47.9 Å². The fourth-order valence-corrected chi connectivity index (χ4v) is 4.57. The van der Waals surface area contributed by atoms with Crippen molar-refractivity contribution in [3.63, 3.8) is 0 Å². The predicted molar refractivity (Wildman–Crippen MR) is 146 cm³/mol. The third kappa shape index (κ3) is 6.88. The number of carbonyl (C=O) groups is 2. The average Bonchev–Trinajstić information content (AvgIpc) is 3.55. The van der Waals surface area contributed by atoms with Gasteiger partial charge in [-0.3, -0.25) is 9.59 Å². The van der Waals surface area contributed by atoms with Gasteiger partial charge in [0.15, 0.2) is 11.5 Å². The van der Waals surface area contributed by atoms with Crippen LogP contribution in [0.15, 0.2) is 60.8 Å². The van der Waals surface area contributed by atoms with E-state index in [1.165, 1.54) is 4.90 Å². The molecule has 8 nitrogen and oxygen atoms in total. The van der Waals surface area contributed by atoms with Crippen molar-refractivity contribution in [3.05, 3.63) is 82.6 Å². The lowest BCUT2D eigenvalue weighted by atomic mass is 10.1. The number of aromatic nitrogens is 1. The van der Waals surface area contributed by atoms with Crippen LogP contribution >= 0.6 is 11.6 Å². The van der Waals surface area contributed by atoms with Crippen molar-refractivity contribution in [3.8, 4) is 11.5 Å². The Balaban J connectivity index is 1.51. The Labute approximate surface area is 228 Å². The summed E-state index contributed by atoms with van der Waals surface area (Å²) in [6.45, 7) is 6.40. The molecule has 2 amide bonds. The van der Waals surface area contributed by atoms with Gasteiger partial charge in [-0.25, -0.2) is 0 Å². The Morgan fingerprint density at radius 2 is 1.84 bits per heavy atom. The summed E-state index contributed by atoms with van der Waals surface area (Å²) in [7, 11) is 1.57. The second kappa shape index (κ2) is 12.8. The second-order valence-corrected chi connectivity index (χ2v) is 10.1. The molecule has 1 aromatic heterocycles. The average molecular weight is 540 g/mol. The molecule has 0 N–H and O–H groups in total. The van der Waals surface area contributed by atoms with Crippen molar-refractivity contribution in [2.75, 3.05) is 40.1 Å². The highest BCUT2D eigenvalue weighted by atomic mass is 35.5. The van der Waals surface area contributed by atoms with Crippen molar-refractivity contribution >= 4 is 23.4 Å². The van der Waals surface area contributed by atoms with Crippen LogP contribution < -0.4 is 9.47 Å². The summed E-state index contributed by atoms with van der Waals surface area (Å²) in [5.41, 5.74) is 2.43. The summed E-state index contributed by atoms with van der Waals surface area (Å²) in [5, 5.41) is 0.707. The van der Waals surface area contributed by atoms with Crippen LogP contribution in [0.4, 0.5) is 0 Å². The molecule has 0 bridgehead atoms. The third-order valence-electron chi connectivity index (χ3n) is 6.31. The van der Waals surface area contributed by atoms with Crippen molar-refractivity contribution in [2.45, 2.75) is 26.9 Å². The van der Waals surface area contributed by atoms with Crippen molar-refractivity contribution in [2.24, 2.45) is 5.92 Å². The quantitative estimate of drug-likeness (QED) is 0.334. The van der Waals surface area contributed by atoms with E-state index in [4.69, 9.17) is 25.8 Å². The molecule has 0 aliphatic carbocycles. The van der Waals surface area contributed by atoms with E-state index in [0.29, 0.717) is 48.3 Å². The van der Waals surface area contributed by atoms with E-state index in [-0.39, 0.29) is 37.6 Å². The van der Waals surface area contributed by atoms with Gasteiger partial charge in [0.25, 0.3) is 5.91 Å². The summed E-state index contributed by atoms with van der Waals surface area (Å²) in [4.78, 5) is 30.4. The Bertz CT molecular complexity index is 1260. The van der Waals surface area contributed by atoms with Gasteiger partial charge in [-0.2, -0.15) is 0 Å². The largest absolute Gasteiger partial charge is 0.454 e. The lowest BCUT2D eigenvalue weighted by Crippen LogP contribution is -2.45. The fraction of sp³-hybridized carbons (Fsp3) is 0.379. The maximum atomic E-state index is 13.6. The molecule has 0 spiro atoms. The summed E-state index contributed by atoms with van der Waals surface area (Å²) < 4.78 is 18.1. The molecule has 0 radical (unpaired) electrons. The standard InChI is InChI=1S/C29H34ClN3O5/c1-21(2)16-33(18-24-8-6-12-31(24)17-23-7-4-5-9-25(23)30)28(34)19-32(13-14-36-3)29(35)22-10-11-26-27(15-22)38-20-37-26/h4-12,15,21H,13-14,16-20H2,1-3H3. The van der Waals surface area contributed by atoms with Crippen LogP contribution in [0.3, 0.4) is 0 Å². The number of benzene rings is 2. The molecule has 0 unspecified atom stereocenters. The predicted octanol–water partition coefficient (Wildman–Crippen LogP) is 4.69. The number of hydrogen-bond acceptors (Lipinski definition) is 5. The molecule has 2 aromatic carbocycles. The zero-order valence-electron chi connectivity index (χ0n) is 22.1. The van der Waals surface area contributed by atoms with Crippen molar-refractivity contribution in [1.29, 1.82) is 0 Å². The number of amides is 2. The van der Waals surface area contributed by atoms with Gasteiger partial charge in [0.2, 0.25) is 12.7 Å². The van der Waals surface area contributed by atoms with Crippen LogP contribution in [0.5, 0.6) is 11.5 Å². The van der Waals surface area contributed by atoms with Gasteiger partial charge < -0.3 is 28.6 Å². The summed E-state index contributed by atoms with van der Waals surface area (Å²) >= 11 is 6.39. The molecular weight excluding hydrogens is 506 g/mol. The van der Waals surface area contributed by atoms with E-state index in [1.807, 2.05) is 47.5 Å². The highest BCUT2D eigenvalue weighted by Crippen LogP contribution is 2.32. The fourth-order valence-electron chi connectivity index (χ4n) is 4.38. The lowest BCUT2D eigenvalue weighted by Gasteiger charge is -2.29. The van der Waals surface area contributed by atoms with E-state index in [9.17, 15) is 9.59 Å². The maximum Gasteiger partial charge on any atom is 0.254 e. The van der Waals surface area contributed by atoms with Crippen molar-refractivity contribution < 1.29 is 23.8 Å². The Morgan fingerprint density at radius 1 is 1.05 bits per heavy atom. The molecule has 0 fully saturated rings. The number of ether oxygens (including phenoxy) is 3. The number of carbonyl (C=O) groups excluding carboxylic acids is 2. The van der Waals surface area contributed by atoms with Gasteiger partial charge in [-0.1, -0.05) is 43.6 Å². The smallest absolute Gasteiger partial charge is 0.254 e. The number of nitrogens with zero attached hydrogens (tertiary/aromatic N) is 3. The number of rotatable bonds is 12. The summed E-state index contributed by atoms with van der Waals surface area (Å²) in [5.74, 6) is 0.983. The Kier molecular flexibility index (Phi) is 9.31. The van der Waals surface area contributed by atoms with Gasteiger partial charge >= 0.3 is 0 Å². The van der Waals surface area contributed by atoms with Gasteiger partial charge in [0.1, 0.15) is 6.54 Å².